The molecule has 0 fully saturated rings. The molecule has 0 saturated heterocycles. The Balaban J connectivity index is 1.74. The highest BCUT2D eigenvalue weighted by Gasteiger charge is 2.17. The smallest absolute Gasteiger partial charge is 0.411 e. The lowest BCUT2D eigenvalue weighted by molar-refractivity contribution is 0.155. The molecule has 122 valence electrons. The van der Waals surface area contributed by atoms with Crippen LogP contribution in [-0.4, -0.2) is 15.9 Å². The molecule has 0 bridgehead atoms. The predicted octanol–water partition coefficient (Wildman–Crippen LogP) is 4.49. The quantitative estimate of drug-likeness (QED) is 0.760. The van der Waals surface area contributed by atoms with E-state index in [9.17, 15) is 4.79 Å². The molecule has 0 aliphatic heterocycles. The maximum atomic E-state index is 11.9. The van der Waals surface area contributed by atoms with E-state index >= 15 is 0 Å². The van der Waals surface area contributed by atoms with Gasteiger partial charge in [0.2, 0.25) is 0 Å². The van der Waals surface area contributed by atoms with Crippen molar-refractivity contribution in [3.8, 4) is 11.3 Å². The van der Waals surface area contributed by atoms with Crippen molar-refractivity contribution in [2.24, 2.45) is 7.05 Å². The number of para-hydroxylation sites is 1. The molecule has 24 heavy (non-hydrogen) atoms. The normalized spacial score (nSPS) is 10.4. The maximum Gasteiger partial charge on any atom is 0.411 e. The topological polar surface area (TPSA) is 56.2 Å². The van der Waals surface area contributed by atoms with E-state index in [2.05, 4.69) is 10.4 Å². The zero-order valence-electron chi connectivity index (χ0n) is 13.1. The molecule has 1 aromatic heterocycles. The van der Waals surface area contributed by atoms with Gasteiger partial charge in [-0.3, -0.25) is 10.00 Å². The van der Waals surface area contributed by atoms with Crippen LogP contribution in [0.4, 0.5) is 10.5 Å². The SMILES string of the molecule is Cn1nc(-c2ccccc2)c(COC(=O)Nc2ccccc2)c1Cl. The number of aromatic nitrogens is 2. The van der Waals surface area contributed by atoms with Gasteiger partial charge in [-0.1, -0.05) is 60.1 Å². The Kier molecular flexibility index (Phi) is 4.82. The minimum absolute atomic E-state index is 0.0373. The van der Waals surface area contributed by atoms with Gasteiger partial charge in [0, 0.05) is 18.3 Å². The second kappa shape index (κ2) is 7.19. The molecule has 0 atom stereocenters. The van der Waals surface area contributed by atoms with Crippen LogP contribution in [0.2, 0.25) is 5.15 Å². The van der Waals surface area contributed by atoms with Crippen molar-refractivity contribution in [3.63, 3.8) is 0 Å². The van der Waals surface area contributed by atoms with Crippen molar-refractivity contribution in [3.05, 3.63) is 71.4 Å². The molecule has 2 aromatic carbocycles. The third-order valence-electron chi connectivity index (χ3n) is 3.48. The molecule has 0 saturated carbocycles. The number of carbonyl (C=O) groups excluding carboxylic acids is 1. The summed E-state index contributed by atoms with van der Waals surface area (Å²) in [7, 11) is 1.75. The Morgan fingerprint density at radius 2 is 1.75 bits per heavy atom. The first-order chi connectivity index (χ1) is 11.6. The Labute approximate surface area is 144 Å². The number of anilines is 1. The van der Waals surface area contributed by atoms with Gasteiger partial charge >= 0.3 is 6.09 Å². The molecule has 0 radical (unpaired) electrons. The van der Waals surface area contributed by atoms with Gasteiger partial charge in [0.1, 0.15) is 17.5 Å². The summed E-state index contributed by atoms with van der Waals surface area (Å²) in [4.78, 5) is 11.9. The van der Waals surface area contributed by atoms with E-state index in [1.807, 2.05) is 48.5 Å². The zero-order chi connectivity index (χ0) is 16.9. The van der Waals surface area contributed by atoms with Crippen molar-refractivity contribution in [1.82, 2.24) is 9.78 Å². The zero-order valence-corrected chi connectivity index (χ0v) is 13.8. The molecule has 0 spiro atoms. The second-order valence-electron chi connectivity index (χ2n) is 5.17. The monoisotopic (exact) mass is 341 g/mol. The summed E-state index contributed by atoms with van der Waals surface area (Å²) in [6.07, 6.45) is -0.542. The summed E-state index contributed by atoms with van der Waals surface area (Å²) >= 11 is 6.30. The minimum Gasteiger partial charge on any atom is -0.444 e. The minimum atomic E-state index is -0.542. The third-order valence-corrected chi connectivity index (χ3v) is 3.96. The van der Waals surface area contributed by atoms with Gasteiger partial charge in [-0.25, -0.2) is 4.79 Å². The van der Waals surface area contributed by atoms with Gasteiger partial charge in [0.05, 0.1) is 5.56 Å². The molecule has 0 aliphatic rings. The Morgan fingerprint density at radius 3 is 2.42 bits per heavy atom. The number of hydrogen-bond acceptors (Lipinski definition) is 3. The number of rotatable bonds is 4. The number of hydrogen-bond donors (Lipinski definition) is 1. The molecule has 1 N–H and O–H groups in total. The Morgan fingerprint density at radius 1 is 1.12 bits per heavy atom. The maximum absolute atomic E-state index is 11.9. The lowest BCUT2D eigenvalue weighted by Crippen LogP contribution is -2.13. The first-order valence-electron chi connectivity index (χ1n) is 7.41. The van der Waals surface area contributed by atoms with Crippen LogP contribution in [0.1, 0.15) is 5.56 Å². The van der Waals surface area contributed by atoms with Crippen molar-refractivity contribution < 1.29 is 9.53 Å². The summed E-state index contributed by atoms with van der Waals surface area (Å²) in [5, 5.41) is 7.53. The number of benzene rings is 2. The largest absolute Gasteiger partial charge is 0.444 e. The number of nitrogens with zero attached hydrogens (tertiary/aromatic N) is 2. The standard InChI is InChI=1S/C18H16ClN3O2/c1-22-17(19)15(16(21-22)13-8-4-2-5-9-13)12-24-18(23)20-14-10-6-3-7-11-14/h2-11H,12H2,1H3,(H,20,23). The Hall–Kier alpha value is -2.79. The molecule has 3 aromatic rings. The fraction of sp³-hybridized carbons (Fsp3) is 0.111. The van der Waals surface area contributed by atoms with Crippen LogP contribution in [-0.2, 0) is 18.4 Å². The number of carbonyl (C=O) groups is 1. The van der Waals surface area contributed by atoms with Crippen LogP contribution in [0.5, 0.6) is 0 Å². The van der Waals surface area contributed by atoms with Crippen molar-refractivity contribution >= 4 is 23.4 Å². The summed E-state index contributed by atoms with van der Waals surface area (Å²) in [5.74, 6) is 0. The molecule has 1 heterocycles. The van der Waals surface area contributed by atoms with E-state index in [1.54, 1.807) is 23.9 Å². The predicted molar refractivity (Wildman–Crippen MR) is 93.9 cm³/mol. The van der Waals surface area contributed by atoms with E-state index in [-0.39, 0.29) is 6.61 Å². The lowest BCUT2D eigenvalue weighted by atomic mass is 10.1. The average molecular weight is 342 g/mol. The number of halogens is 1. The molecular weight excluding hydrogens is 326 g/mol. The highest BCUT2D eigenvalue weighted by molar-refractivity contribution is 6.30. The lowest BCUT2D eigenvalue weighted by Gasteiger charge is -2.07. The summed E-state index contributed by atoms with van der Waals surface area (Å²) in [5.41, 5.74) is 2.97. The average Bonchev–Trinajstić information content (AvgIpc) is 2.89. The molecular formula is C18H16ClN3O2. The first-order valence-corrected chi connectivity index (χ1v) is 7.78. The number of ether oxygens (including phenoxy) is 1. The summed E-state index contributed by atoms with van der Waals surface area (Å²) in [6.45, 7) is 0.0373. The van der Waals surface area contributed by atoms with E-state index in [4.69, 9.17) is 16.3 Å². The third kappa shape index (κ3) is 3.58. The fourth-order valence-corrected chi connectivity index (χ4v) is 2.50. The molecule has 0 unspecified atom stereocenters. The van der Waals surface area contributed by atoms with Crippen molar-refractivity contribution in [1.29, 1.82) is 0 Å². The number of nitrogens with one attached hydrogen (secondary N) is 1. The number of aryl methyl sites for hydroxylation is 1. The van der Waals surface area contributed by atoms with Crippen LogP contribution in [0.15, 0.2) is 60.7 Å². The van der Waals surface area contributed by atoms with Gasteiger partial charge < -0.3 is 4.74 Å². The highest BCUT2D eigenvalue weighted by Crippen LogP contribution is 2.28. The molecule has 1 amide bonds. The second-order valence-corrected chi connectivity index (χ2v) is 5.53. The Bertz CT molecular complexity index is 832. The van der Waals surface area contributed by atoms with Gasteiger partial charge in [-0.15, -0.1) is 0 Å². The van der Waals surface area contributed by atoms with Crippen LogP contribution in [0.3, 0.4) is 0 Å². The van der Waals surface area contributed by atoms with Gasteiger partial charge in [0.15, 0.2) is 0 Å². The molecule has 3 rings (SSSR count). The molecule has 0 aliphatic carbocycles. The van der Waals surface area contributed by atoms with Gasteiger partial charge in [-0.2, -0.15) is 5.10 Å². The van der Waals surface area contributed by atoms with E-state index < -0.39 is 6.09 Å². The summed E-state index contributed by atoms with van der Waals surface area (Å²) < 4.78 is 6.87. The first kappa shape index (κ1) is 16.1. The van der Waals surface area contributed by atoms with Crippen LogP contribution >= 0.6 is 11.6 Å². The van der Waals surface area contributed by atoms with Gasteiger partial charge in [0.25, 0.3) is 0 Å². The van der Waals surface area contributed by atoms with Crippen LogP contribution in [0.25, 0.3) is 11.3 Å². The van der Waals surface area contributed by atoms with Crippen LogP contribution < -0.4 is 5.32 Å². The van der Waals surface area contributed by atoms with E-state index in [0.717, 1.165) is 5.56 Å². The van der Waals surface area contributed by atoms with E-state index in [1.165, 1.54) is 0 Å². The fourth-order valence-electron chi connectivity index (χ4n) is 2.32. The molecule has 6 heteroatoms. The highest BCUT2D eigenvalue weighted by atomic mass is 35.5. The van der Waals surface area contributed by atoms with Crippen molar-refractivity contribution in [2.75, 3.05) is 5.32 Å². The van der Waals surface area contributed by atoms with E-state index in [0.29, 0.717) is 22.1 Å². The summed E-state index contributed by atoms with van der Waals surface area (Å²) in [6, 6.07) is 18.8. The van der Waals surface area contributed by atoms with Gasteiger partial charge in [-0.05, 0) is 12.1 Å². The number of amides is 1. The van der Waals surface area contributed by atoms with Crippen molar-refractivity contribution in [2.45, 2.75) is 6.61 Å². The van der Waals surface area contributed by atoms with Crippen LogP contribution in [0, 0.1) is 0 Å². The molecule has 5 nitrogen and oxygen atoms in total.